The summed E-state index contributed by atoms with van der Waals surface area (Å²) in [6, 6.07) is 3.55. The predicted octanol–water partition coefficient (Wildman–Crippen LogP) is 2.09. The van der Waals surface area contributed by atoms with Crippen molar-refractivity contribution in [3.05, 3.63) is 30.1 Å². The molecule has 0 aliphatic heterocycles. The molecule has 3 heteroatoms. The van der Waals surface area contributed by atoms with Crippen molar-refractivity contribution in [2.75, 3.05) is 0 Å². The number of Topliss-reactive ketones (excluding diaryl/α,β-unsaturated/α-hetero) is 1. The molecule has 0 spiro atoms. The number of nitrogens with zero attached hydrogens (tertiary/aromatic N) is 1. The number of carbonyl (C=O) groups is 1. The molecule has 1 atom stereocenters. The quantitative estimate of drug-likeness (QED) is 0.463. The molecule has 58 valence electrons. The maximum Gasteiger partial charge on any atom is 0.176 e. The summed E-state index contributed by atoms with van der Waals surface area (Å²) in [5, 5.41) is 0. The number of ketones is 1. The van der Waals surface area contributed by atoms with Crippen LogP contribution in [0.3, 0.4) is 0 Å². The van der Waals surface area contributed by atoms with Gasteiger partial charge in [0.2, 0.25) is 0 Å². The molecule has 0 fully saturated rings. The Hall–Kier alpha value is -0.450. The van der Waals surface area contributed by atoms with E-state index in [2.05, 4.69) is 27.6 Å². The summed E-state index contributed by atoms with van der Waals surface area (Å²) in [5.41, 5.74) is 0.689. The monoisotopic (exact) mass is 261 g/mol. The van der Waals surface area contributed by atoms with E-state index in [0.29, 0.717) is 5.56 Å². The Labute approximate surface area is 79.2 Å². The number of aromatic nitrogens is 1. The van der Waals surface area contributed by atoms with Crippen LogP contribution in [-0.2, 0) is 0 Å². The van der Waals surface area contributed by atoms with E-state index >= 15 is 0 Å². The first-order chi connectivity index (χ1) is 5.22. The lowest BCUT2D eigenvalue weighted by Gasteiger charge is -1.99. The van der Waals surface area contributed by atoms with Gasteiger partial charge in [-0.15, -0.1) is 0 Å². The topological polar surface area (TPSA) is 30.0 Å². The Morgan fingerprint density at radius 2 is 2.45 bits per heavy atom. The molecule has 0 amide bonds. The van der Waals surface area contributed by atoms with Gasteiger partial charge in [-0.2, -0.15) is 0 Å². The number of halogens is 1. The third-order valence-corrected chi connectivity index (χ3v) is 1.87. The molecule has 1 heterocycles. The van der Waals surface area contributed by atoms with Gasteiger partial charge < -0.3 is 0 Å². The lowest BCUT2D eigenvalue weighted by Crippen LogP contribution is -2.09. The molecule has 1 aromatic heterocycles. The van der Waals surface area contributed by atoms with Gasteiger partial charge >= 0.3 is 0 Å². The van der Waals surface area contributed by atoms with Crippen LogP contribution >= 0.6 is 22.6 Å². The molecule has 0 aromatic carbocycles. The zero-order chi connectivity index (χ0) is 8.27. The normalized spacial score (nSPS) is 12.5. The SMILES string of the molecule is CC(I)C(=O)c1cccnc1. The van der Waals surface area contributed by atoms with Crippen molar-refractivity contribution in [1.82, 2.24) is 4.98 Å². The summed E-state index contributed by atoms with van der Waals surface area (Å²) in [7, 11) is 0. The van der Waals surface area contributed by atoms with Crippen LogP contribution in [0.4, 0.5) is 0 Å². The molecule has 0 saturated heterocycles. The van der Waals surface area contributed by atoms with Gasteiger partial charge in [-0.25, -0.2) is 0 Å². The fourth-order valence-electron chi connectivity index (χ4n) is 0.738. The molecular weight excluding hydrogens is 253 g/mol. The average molecular weight is 261 g/mol. The van der Waals surface area contributed by atoms with E-state index in [-0.39, 0.29) is 9.71 Å². The largest absolute Gasteiger partial charge is 0.293 e. The second-order valence-corrected chi connectivity index (χ2v) is 4.09. The lowest BCUT2D eigenvalue weighted by atomic mass is 10.1. The van der Waals surface area contributed by atoms with Crippen LogP contribution in [0, 0.1) is 0 Å². The Balaban J connectivity index is 2.86. The lowest BCUT2D eigenvalue weighted by molar-refractivity contribution is 0.0998. The zero-order valence-electron chi connectivity index (χ0n) is 6.12. The summed E-state index contributed by atoms with van der Waals surface area (Å²) < 4.78 is 0.0248. The molecule has 2 nitrogen and oxygen atoms in total. The first kappa shape index (κ1) is 8.64. The van der Waals surface area contributed by atoms with Crippen LogP contribution in [-0.4, -0.2) is 14.7 Å². The molecule has 0 aliphatic carbocycles. The predicted molar refractivity (Wildman–Crippen MR) is 52.0 cm³/mol. The summed E-state index contributed by atoms with van der Waals surface area (Å²) in [4.78, 5) is 15.2. The van der Waals surface area contributed by atoms with Gasteiger partial charge in [-0.3, -0.25) is 9.78 Å². The maximum absolute atomic E-state index is 11.3. The smallest absolute Gasteiger partial charge is 0.176 e. The molecule has 0 radical (unpaired) electrons. The summed E-state index contributed by atoms with van der Waals surface area (Å²) in [6.45, 7) is 1.87. The zero-order valence-corrected chi connectivity index (χ0v) is 8.28. The maximum atomic E-state index is 11.3. The van der Waals surface area contributed by atoms with Crippen molar-refractivity contribution in [2.45, 2.75) is 10.8 Å². The Morgan fingerprint density at radius 3 is 2.91 bits per heavy atom. The van der Waals surface area contributed by atoms with Crippen molar-refractivity contribution in [3.63, 3.8) is 0 Å². The summed E-state index contributed by atoms with van der Waals surface area (Å²) >= 11 is 2.09. The van der Waals surface area contributed by atoms with Crippen molar-refractivity contribution < 1.29 is 4.79 Å². The van der Waals surface area contributed by atoms with Crippen molar-refractivity contribution in [1.29, 1.82) is 0 Å². The summed E-state index contributed by atoms with van der Waals surface area (Å²) in [5.74, 6) is 0.138. The van der Waals surface area contributed by atoms with Crippen LogP contribution in [0.5, 0.6) is 0 Å². The number of hydrogen-bond donors (Lipinski definition) is 0. The van der Waals surface area contributed by atoms with E-state index < -0.39 is 0 Å². The molecule has 1 aromatic rings. The molecule has 0 aliphatic rings. The highest BCUT2D eigenvalue weighted by molar-refractivity contribution is 14.1. The van der Waals surface area contributed by atoms with Gasteiger partial charge in [0.15, 0.2) is 5.78 Å². The fraction of sp³-hybridized carbons (Fsp3) is 0.250. The van der Waals surface area contributed by atoms with Gasteiger partial charge in [-0.05, 0) is 19.1 Å². The number of hydrogen-bond acceptors (Lipinski definition) is 2. The highest BCUT2D eigenvalue weighted by atomic mass is 127. The minimum absolute atomic E-state index is 0.0248. The molecular formula is C8H8INO. The minimum Gasteiger partial charge on any atom is -0.293 e. The second kappa shape index (κ2) is 3.80. The van der Waals surface area contributed by atoms with Gasteiger partial charge in [0.25, 0.3) is 0 Å². The average Bonchev–Trinajstić information content (AvgIpc) is 2.05. The van der Waals surface area contributed by atoms with Crippen LogP contribution in [0.1, 0.15) is 17.3 Å². The molecule has 0 saturated carbocycles. The first-order valence-corrected chi connectivity index (χ1v) is 4.54. The second-order valence-electron chi connectivity index (χ2n) is 2.22. The third-order valence-electron chi connectivity index (χ3n) is 1.31. The van der Waals surface area contributed by atoms with Gasteiger partial charge in [-0.1, -0.05) is 22.6 Å². The van der Waals surface area contributed by atoms with E-state index in [1.807, 2.05) is 6.92 Å². The highest BCUT2D eigenvalue weighted by Crippen LogP contribution is 2.07. The molecule has 1 rings (SSSR count). The van der Waals surface area contributed by atoms with E-state index in [9.17, 15) is 4.79 Å². The standard InChI is InChI=1S/C8H8INO/c1-6(9)8(11)7-3-2-4-10-5-7/h2-6H,1H3. The van der Waals surface area contributed by atoms with Crippen LogP contribution in [0.2, 0.25) is 0 Å². The Morgan fingerprint density at radius 1 is 1.73 bits per heavy atom. The molecule has 1 unspecified atom stereocenters. The van der Waals surface area contributed by atoms with Crippen LogP contribution in [0.25, 0.3) is 0 Å². The van der Waals surface area contributed by atoms with Crippen LogP contribution < -0.4 is 0 Å². The van der Waals surface area contributed by atoms with Crippen molar-refractivity contribution in [3.8, 4) is 0 Å². The van der Waals surface area contributed by atoms with Crippen molar-refractivity contribution >= 4 is 28.4 Å². The molecule has 11 heavy (non-hydrogen) atoms. The number of rotatable bonds is 2. The Bertz CT molecular complexity index is 246. The van der Waals surface area contributed by atoms with Gasteiger partial charge in [0.1, 0.15) is 0 Å². The van der Waals surface area contributed by atoms with E-state index in [0.717, 1.165) is 0 Å². The van der Waals surface area contributed by atoms with Gasteiger partial charge in [0, 0.05) is 18.0 Å². The van der Waals surface area contributed by atoms with E-state index in [1.54, 1.807) is 24.5 Å². The van der Waals surface area contributed by atoms with Gasteiger partial charge in [0.05, 0.1) is 3.92 Å². The Kier molecular flexibility index (Phi) is 2.99. The van der Waals surface area contributed by atoms with E-state index in [1.165, 1.54) is 0 Å². The number of pyridine rings is 1. The van der Waals surface area contributed by atoms with Crippen LogP contribution in [0.15, 0.2) is 24.5 Å². The fourth-order valence-corrected chi connectivity index (χ4v) is 1.10. The number of alkyl halides is 1. The van der Waals surface area contributed by atoms with Crippen molar-refractivity contribution in [2.24, 2.45) is 0 Å². The molecule has 0 N–H and O–H groups in total. The first-order valence-electron chi connectivity index (χ1n) is 3.30. The molecule has 0 bridgehead atoms. The summed E-state index contributed by atoms with van der Waals surface area (Å²) in [6.07, 6.45) is 3.26. The highest BCUT2D eigenvalue weighted by Gasteiger charge is 2.10. The number of carbonyl (C=O) groups excluding carboxylic acids is 1. The minimum atomic E-state index is 0.0248. The third kappa shape index (κ3) is 2.25. The van der Waals surface area contributed by atoms with E-state index in [4.69, 9.17) is 0 Å².